The minimum atomic E-state index is -2.85. The fourth-order valence-electron chi connectivity index (χ4n) is 3.49. The number of fused-ring (bicyclic) bond motifs is 1. The normalized spacial score (nSPS) is 15.2. The van der Waals surface area contributed by atoms with Gasteiger partial charge in [-0.1, -0.05) is 48.0 Å². The number of nitrogens with one attached hydrogen (secondary N) is 1. The van der Waals surface area contributed by atoms with Gasteiger partial charge in [-0.05, 0) is 60.2 Å². The zero-order valence-corrected chi connectivity index (χ0v) is 21.1. The first-order valence-electron chi connectivity index (χ1n) is 13.5. The van der Waals surface area contributed by atoms with Crippen molar-refractivity contribution in [3.63, 3.8) is 0 Å². The van der Waals surface area contributed by atoms with E-state index in [0.29, 0.717) is 16.3 Å². The lowest BCUT2D eigenvalue weighted by Crippen LogP contribution is -2.27. The van der Waals surface area contributed by atoms with E-state index in [0.717, 1.165) is 5.56 Å². The van der Waals surface area contributed by atoms with Crippen LogP contribution >= 0.6 is 24.8 Å². The summed E-state index contributed by atoms with van der Waals surface area (Å²) in [5, 5.41) is 3.69. The van der Waals surface area contributed by atoms with Gasteiger partial charge in [0.1, 0.15) is 6.56 Å². The summed E-state index contributed by atoms with van der Waals surface area (Å²) < 4.78 is 54.7. The summed E-state index contributed by atoms with van der Waals surface area (Å²) in [6.07, 6.45) is 1.51. The summed E-state index contributed by atoms with van der Waals surface area (Å²) >= 11 is 0. The molecule has 8 heteroatoms. The minimum Gasteiger partial charge on any atom is -0.457 e. The maximum atomic E-state index is 13.3. The van der Waals surface area contributed by atoms with Crippen LogP contribution in [-0.4, -0.2) is 23.4 Å². The zero-order valence-electron chi connectivity index (χ0n) is 25.5. The summed E-state index contributed by atoms with van der Waals surface area (Å²) in [6, 6.07) is 16.2. The van der Waals surface area contributed by atoms with Gasteiger partial charge in [-0.3, -0.25) is 9.78 Å². The molecule has 0 saturated heterocycles. The number of anilines is 1. The van der Waals surface area contributed by atoms with E-state index in [-0.39, 0.29) is 53.4 Å². The lowest BCUT2D eigenvalue weighted by atomic mass is 9.97. The Balaban J connectivity index is 0.00000308. The smallest absolute Gasteiger partial charge is 0.338 e. The van der Waals surface area contributed by atoms with Crippen molar-refractivity contribution in [1.82, 2.24) is 4.98 Å². The molecule has 1 amide bonds. The molecule has 3 aromatic carbocycles. The third kappa shape index (κ3) is 6.82. The molecule has 4 rings (SSSR count). The number of hydrogen-bond acceptors (Lipinski definition) is 5. The van der Waals surface area contributed by atoms with E-state index < -0.39 is 30.8 Å². The first kappa shape index (κ1) is 20.7. The Morgan fingerprint density at radius 2 is 1.81 bits per heavy atom. The Morgan fingerprint density at radius 1 is 1.06 bits per heavy atom. The van der Waals surface area contributed by atoms with Crippen LogP contribution in [0.3, 0.4) is 0 Å². The Bertz CT molecular complexity index is 1620. The molecule has 0 aliphatic carbocycles. The molecular weight excluding hydrogens is 497 g/mol. The quantitative estimate of drug-likeness (QED) is 0.297. The standard InChI is InChI=1S/C28H27N3O3.2ClH/c1-18-3-10-25(19(2)13-18)28(33)34-17-20-4-6-21(7-5-20)26(15-29)27(32)31-24-9-8-23-16-30-12-11-22(23)14-24;;/h3-14,16,26H,15,17,29H2,1-2H3,(H,31,32);2*1H/t26-;;/m1../s1/i15D2,16D,17D2,26D;;. The molecule has 3 N–H and O–H groups in total. The number of carbonyl (C=O) groups excluding carboxylic acids is 2. The number of amides is 1. The zero-order chi connectivity index (χ0) is 29.5. The van der Waals surface area contributed by atoms with Crippen molar-refractivity contribution >= 4 is 53.2 Å². The lowest BCUT2D eigenvalue weighted by molar-refractivity contribution is -0.117. The lowest BCUT2D eigenvalue weighted by Gasteiger charge is -2.16. The molecule has 0 aliphatic rings. The van der Waals surface area contributed by atoms with Gasteiger partial charge in [0, 0.05) is 34.1 Å². The Labute approximate surface area is 231 Å². The monoisotopic (exact) mass is 531 g/mol. The van der Waals surface area contributed by atoms with Gasteiger partial charge in [0.15, 0.2) is 0 Å². The van der Waals surface area contributed by atoms with Crippen LogP contribution in [0.25, 0.3) is 10.8 Å². The summed E-state index contributed by atoms with van der Waals surface area (Å²) in [5.74, 6) is -4.55. The molecule has 0 aliphatic heterocycles. The first-order valence-corrected chi connectivity index (χ1v) is 10.5. The number of carbonyl (C=O) groups is 2. The molecule has 0 radical (unpaired) electrons. The van der Waals surface area contributed by atoms with Crippen molar-refractivity contribution in [2.75, 3.05) is 11.8 Å². The molecule has 1 heterocycles. The molecule has 36 heavy (non-hydrogen) atoms. The highest BCUT2D eigenvalue weighted by Crippen LogP contribution is 2.22. The molecule has 0 spiro atoms. The number of ether oxygens (including phenoxy) is 1. The summed E-state index contributed by atoms with van der Waals surface area (Å²) in [6.45, 7) is -1.82. The first-order chi connectivity index (χ1) is 18.6. The van der Waals surface area contributed by atoms with Gasteiger partial charge in [-0.15, -0.1) is 24.8 Å². The van der Waals surface area contributed by atoms with Crippen molar-refractivity contribution < 1.29 is 22.6 Å². The van der Waals surface area contributed by atoms with E-state index in [9.17, 15) is 9.59 Å². The second-order valence-electron chi connectivity index (χ2n) is 7.72. The van der Waals surface area contributed by atoms with Gasteiger partial charge in [0.05, 0.1) is 15.6 Å². The molecule has 188 valence electrons. The maximum absolute atomic E-state index is 13.3. The van der Waals surface area contributed by atoms with Crippen LogP contribution in [-0.2, 0) is 16.1 Å². The number of hydrogen-bond donors (Lipinski definition) is 2. The van der Waals surface area contributed by atoms with Crippen LogP contribution in [0.5, 0.6) is 0 Å². The topological polar surface area (TPSA) is 94.3 Å². The van der Waals surface area contributed by atoms with Gasteiger partial charge in [0.25, 0.3) is 0 Å². The predicted molar refractivity (Wildman–Crippen MR) is 148 cm³/mol. The molecule has 4 aromatic rings. The Morgan fingerprint density at radius 3 is 2.50 bits per heavy atom. The maximum Gasteiger partial charge on any atom is 0.338 e. The number of rotatable bonds is 7. The van der Waals surface area contributed by atoms with Crippen LogP contribution in [0.2, 0.25) is 0 Å². The van der Waals surface area contributed by atoms with E-state index in [1.165, 1.54) is 36.5 Å². The molecule has 0 fully saturated rings. The number of nitrogens with zero attached hydrogens (tertiary/aromatic N) is 1. The molecule has 1 aromatic heterocycles. The summed E-state index contributed by atoms with van der Waals surface area (Å²) in [7, 11) is 0. The molecule has 0 unspecified atom stereocenters. The molecule has 0 bridgehead atoms. The van der Waals surface area contributed by atoms with Crippen molar-refractivity contribution in [3.8, 4) is 0 Å². The average molecular weight is 533 g/mol. The van der Waals surface area contributed by atoms with Gasteiger partial charge < -0.3 is 15.8 Å². The van der Waals surface area contributed by atoms with Crippen molar-refractivity contribution in [1.29, 1.82) is 0 Å². The third-order valence-corrected chi connectivity index (χ3v) is 5.23. The molecule has 0 saturated carbocycles. The second-order valence-corrected chi connectivity index (χ2v) is 7.72. The number of halogens is 2. The van der Waals surface area contributed by atoms with E-state index in [2.05, 4.69) is 10.3 Å². The number of esters is 1. The van der Waals surface area contributed by atoms with Crippen molar-refractivity contribution in [3.05, 3.63) is 107 Å². The predicted octanol–water partition coefficient (Wildman–Crippen LogP) is 5.73. The second kappa shape index (κ2) is 13.0. The van der Waals surface area contributed by atoms with Crippen molar-refractivity contribution in [2.45, 2.75) is 26.3 Å². The van der Waals surface area contributed by atoms with Crippen LogP contribution in [0, 0.1) is 13.8 Å². The van der Waals surface area contributed by atoms with Crippen LogP contribution in [0.15, 0.2) is 79.1 Å². The number of aromatic nitrogens is 1. The highest BCUT2D eigenvalue weighted by molar-refractivity contribution is 5.98. The minimum absolute atomic E-state index is 0. The largest absolute Gasteiger partial charge is 0.457 e. The van der Waals surface area contributed by atoms with E-state index in [1.807, 2.05) is 6.92 Å². The number of aryl methyl sites for hydroxylation is 2. The highest BCUT2D eigenvalue weighted by Gasteiger charge is 2.19. The van der Waals surface area contributed by atoms with Crippen LogP contribution < -0.4 is 11.1 Å². The Kier molecular flexibility index (Phi) is 7.49. The third-order valence-electron chi connectivity index (χ3n) is 5.23. The van der Waals surface area contributed by atoms with Gasteiger partial charge in [0.2, 0.25) is 5.91 Å². The number of pyridine rings is 1. The van der Waals surface area contributed by atoms with Crippen LogP contribution in [0.4, 0.5) is 5.69 Å². The van der Waals surface area contributed by atoms with E-state index in [4.69, 9.17) is 18.7 Å². The fourth-order valence-corrected chi connectivity index (χ4v) is 3.49. The Hall–Kier alpha value is -3.45. The number of nitrogens with two attached hydrogens (primary N) is 1. The van der Waals surface area contributed by atoms with Gasteiger partial charge >= 0.3 is 5.97 Å². The molecule has 6 nitrogen and oxygen atoms in total. The van der Waals surface area contributed by atoms with Crippen LogP contribution in [0.1, 0.15) is 46.7 Å². The fraction of sp³-hybridized carbons (Fsp3) is 0.179. The average Bonchev–Trinajstić information content (AvgIpc) is 2.87. The molecular formula is C28H29Cl2N3O3. The van der Waals surface area contributed by atoms with E-state index >= 15 is 0 Å². The van der Waals surface area contributed by atoms with Crippen molar-refractivity contribution in [2.24, 2.45) is 5.73 Å². The number of benzene rings is 3. The summed E-state index contributed by atoms with van der Waals surface area (Å²) in [5.41, 5.74) is 7.53. The summed E-state index contributed by atoms with van der Waals surface area (Å²) in [4.78, 5) is 29.9. The van der Waals surface area contributed by atoms with Gasteiger partial charge in [-0.2, -0.15) is 0 Å². The van der Waals surface area contributed by atoms with E-state index in [1.54, 1.807) is 43.3 Å². The van der Waals surface area contributed by atoms with Gasteiger partial charge in [-0.25, -0.2) is 4.79 Å². The highest BCUT2D eigenvalue weighted by atomic mass is 35.5. The molecule has 1 atom stereocenters. The SMILES string of the molecule is Cl.Cl.[2H]c1nccc2cc(NC(=O)[C@@]([2H])(c3ccc(C([2H])([2H])OC(=O)c4ccc(C)cc4C)cc3)C([2H])([2H])N)ccc12.